The third kappa shape index (κ3) is 2.90. The van der Waals surface area contributed by atoms with E-state index in [-0.39, 0.29) is 24.4 Å². The number of fused-ring (bicyclic) bond motifs is 2. The van der Waals surface area contributed by atoms with Gasteiger partial charge in [0.05, 0.1) is 11.3 Å². The second-order valence-corrected chi connectivity index (χ2v) is 7.70. The van der Waals surface area contributed by atoms with Gasteiger partial charge in [-0.2, -0.15) is 0 Å². The zero-order valence-electron chi connectivity index (χ0n) is 18.0. The Morgan fingerprint density at radius 2 is 2.00 bits per heavy atom. The highest BCUT2D eigenvalue weighted by Crippen LogP contribution is 2.53. The molecular weight excluding hydrogens is 412 g/mol. The number of Topliss-reactive ketones (excluding diaryl/α,β-unsaturated/α-hetero) is 1. The largest absolute Gasteiger partial charge is 0.503 e. The van der Waals surface area contributed by atoms with Gasteiger partial charge in [-0.3, -0.25) is 14.4 Å². The van der Waals surface area contributed by atoms with Crippen LogP contribution in [0.5, 0.6) is 0 Å². The molecule has 0 radical (unpaired) electrons. The van der Waals surface area contributed by atoms with E-state index < -0.39 is 28.9 Å². The molecule has 8 heteroatoms. The normalized spacial score (nSPS) is 19.9. The maximum atomic E-state index is 14.0. The smallest absolute Gasteiger partial charge is 0.290 e. The lowest BCUT2D eigenvalue weighted by Crippen LogP contribution is -2.54. The zero-order chi connectivity index (χ0) is 23.0. The number of furan rings is 1. The fourth-order valence-corrected chi connectivity index (χ4v) is 4.53. The van der Waals surface area contributed by atoms with Gasteiger partial charge >= 0.3 is 0 Å². The Kier molecular flexibility index (Phi) is 5.48. The van der Waals surface area contributed by atoms with E-state index in [9.17, 15) is 19.5 Å². The third-order valence-electron chi connectivity index (χ3n) is 5.82. The predicted octanol–water partition coefficient (Wildman–Crippen LogP) is 2.89. The summed E-state index contributed by atoms with van der Waals surface area (Å²) in [5.41, 5.74) is -1.09. The number of aliphatic hydroxyl groups excluding tert-OH is 1. The number of hydrogen-bond donors (Lipinski definition) is 1. The molecule has 1 N–H and O–H groups in total. The van der Waals surface area contributed by atoms with E-state index in [2.05, 4.69) is 6.58 Å². The Balaban J connectivity index is 1.97. The van der Waals surface area contributed by atoms with Crippen LogP contribution >= 0.6 is 0 Å². The Morgan fingerprint density at radius 3 is 2.66 bits per heavy atom. The quantitative estimate of drug-likeness (QED) is 0.388. The number of aliphatic hydroxyl groups is 1. The number of para-hydroxylation sites is 1. The molecule has 1 atom stereocenters. The van der Waals surface area contributed by atoms with E-state index in [0.717, 1.165) is 0 Å². The van der Waals surface area contributed by atoms with Crippen LogP contribution in [0.25, 0.3) is 0 Å². The predicted molar refractivity (Wildman–Crippen MR) is 116 cm³/mol. The minimum Gasteiger partial charge on any atom is -0.503 e. The van der Waals surface area contributed by atoms with Crippen molar-refractivity contribution in [3.05, 3.63) is 77.5 Å². The fourth-order valence-electron chi connectivity index (χ4n) is 4.53. The highest BCUT2D eigenvalue weighted by molar-refractivity contribution is 6.25. The molecule has 1 unspecified atom stereocenters. The number of rotatable bonds is 8. The number of hydrogen-bond acceptors (Lipinski definition) is 6. The third-order valence-corrected chi connectivity index (χ3v) is 5.82. The van der Waals surface area contributed by atoms with Gasteiger partial charge in [0.1, 0.15) is 5.76 Å². The monoisotopic (exact) mass is 436 g/mol. The standard InChI is InChI=1S/C24H24N2O6/c1-4-12-25-17-9-6-5-8-16(17)24(23(25)30)19(20(27)18-11-10-15(2)32-18)21(28)22(29)26(24)13-7-14-31-3/h4-6,8-11,28H,1,7,12-14H2,2-3H3. The molecule has 0 aliphatic carbocycles. The van der Waals surface area contributed by atoms with Gasteiger partial charge in [-0.05, 0) is 31.5 Å². The molecule has 3 heterocycles. The molecule has 8 nitrogen and oxygen atoms in total. The molecule has 0 bridgehead atoms. The van der Waals surface area contributed by atoms with Crippen LogP contribution in [0.1, 0.15) is 28.3 Å². The van der Waals surface area contributed by atoms with Crippen LogP contribution in [0, 0.1) is 6.92 Å². The van der Waals surface area contributed by atoms with Crippen molar-refractivity contribution in [2.45, 2.75) is 18.9 Å². The van der Waals surface area contributed by atoms with Crippen molar-refractivity contribution in [1.29, 1.82) is 0 Å². The van der Waals surface area contributed by atoms with E-state index >= 15 is 0 Å². The number of amides is 2. The summed E-state index contributed by atoms with van der Waals surface area (Å²) in [6.45, 7) is 6.03. The summed E-state index contributed by atoms with van der Waals surface area (Å²) in [7, 11) is 1.54. The van der Waals surface area contributed by atoms with E-state index in [4.69, 9.17) is 9.15 Å². The van der Waals surface area contributed by atoms with Crippen molar-refractivity contribution in [3.8, 4) is 0 Å². The molecule has 2 aliphatic heterocycles. The number of carbonyl (C=O) groups is 3. The molecule has 1 aromatic carbocycles. The van der Waals surface area contributed by atoms with Crippen LogP contribution in [-0.4, -0.2) is 54.4 Å². The summed E-state index contributed by atoms with van der Waals surface area (Å²) in [5, 5.41) is 10.9. The maximum Gasteiger partial charge on any atom is 0.290 e. The summed E-state index contributed by atoms with van der Waals surface area (Å²) in [5.74, 6) is -2.29. The molecule has 0 fully saturated rings. The van der Waals surface area contributed by atoms with E-state index in [1.165, 1.54) is 23.0 Å². The van der Waals surface area contributed by atoms with Gasteiger partial charge in [0, 0.05) is 32.4 Å². The topological polar surface area (TPSA) is 100 Å². The van der Waals surface area contributed by atoms with E-state index in [1.54, 1.807) is 43.3 Å². The molecule has 2 aromatic rings. The van der Waals surface area contributed by atoms with E-state index in [1.807, 2.05) is 0 Å². The van der Waals surface area contributed by atoms with Crippen LogP contribution in [0.3, 0.4) is 0 Å². The second-order valence-electron chi connectivity index (χ2n) is 7.70. The van der Waals surface area contributed by atoms with Crippen molar-refractivity contribution >= 4 is 23.3 Å². The van der Waals surface area contributed by atoms with Crippen molar-refractivity contribution in [2.75, 3.05) is 31.7 Å². The first kappa shape index (κ1) is 21.6. The van der Waals surface area contributed by atoms with Crippen LogP contribution in [0.15, 0.2) is 64.8 Å². The number of methoxy groups -OCH3 is 1. The number of anilines is 1. The Bertz CT molecular complexity index is 1150. The first-order valence-electron chi connectivity index (χ1n) is 10.3. The van der Waals surface area contributed by atoms with Crippen LogP contribution in [-0.2, 0) is 19.9 Å². The highest BCUT2D eigenvalue weighted by atomic mass is 16.5. The van der Waals surface area contributed by atoms with Crippen LogP contribution in [0.4, 0.5) is 5.69 Å². The molecule has 0 saturated heterocycles. The molecule has 166 valence electrons. The van der Waals surface area contributed by atoms with Gasteiger partial charge in [-0.1, -0.05) is 24.3 Å². The second kappa shape index (κ2) is 8.12. The zero-order valence-corrected chi connectivity index (χ0v) is 18.0. The number of aryl methyl sites for hydroxylation is 1. The summed E-state index contributed by atoms with van der Waals surface area (Å²) in [6.07, 6.45) is 1.98. The van der Waals surface area contributed by atoms with Crippen molar-refractivity contribution in [3.63, 3.8) is 0 Å². The van der Waals surface area contributed by atoms with Gasteiger partial charge in [0.25, 0.3) is 11.8 Å². The van der Waals surface area contributed by atoms with E-state index in [0.29, 0.717) is 30.0 Å². The Morgan fingerprint density at radius 1 is 1.25 bits per heavy atom. The number of carbonyl (C=O) groups excluding carboxylic acids is 3. The molecule has 4 rings (SSSR count). The van der Waals surface area contributed by atoms with Gasteiger partial charge in [0.2, 0.25) is 5.78 Å². The summed E-state index contributed by atoms with van der Waals surface area (Å²) in [4.78, 5) is 43.5. The molecule has 32 heavy (non-hydrogen) atoms. The number of ether oxygens (including phenoxy) is 1. The molecule has 0 saturated carbocycles. The molecule has 1 spiro atoms. The van der Waals surface area contributed by atoms with Gasteiger partial charge < -0.3 is 24.1 Å². The lowest BCUT2D eigenvalue weighted by atomic mass is 9.81. The summed E-state index contributed by atoms with van der Waals surface area (Å²) < 4.78 is 10.6. The van der Waals surface area contributed by atoms with Crippen molar-refractivity contribution in [2.24, 2.45) is 0 Å². The lowest BCUT2D eigenvalue weighted by Gasteiger charge is -2.35. The minimum absolute atomic E-state index is 0.0533. The van der Waals surface area contributed by atoms with Crippen LogP contribution < -0.4 is 4.90 Å². The lowest BCUT2D eigenvalue weighted by molar-refractivity contribution is -0.140. The molecule has 2 amide bonds. The molecular formula is C24H24N2O6. The maximum absolute atomic E-state index is 14.0. The highest BCUT2D eigenvalue weighted by Gasteiger charge is 2.65. The minimum atomic E-state index is -1.80. The number of ketones is 1. The SMILES string of the molecule is C=CCN1C(=O)C2(C(C(=O)c3ccc(C)o3)=C(O)C(=O)N2CCCOC)c2ccccc21. The van der Waals surface area contributed by atoms with Crippen molar-refractivity contribution < 1.29 is 28.6 Å². The number of nitrogens with zero attached hydrogens (tertiary/aromatic N) is 2. The van der Waals surface area contributed by atoms with Crippen LogP contribution in [0.2, 0.25) is 0 Å². The van der Waals surface area contributed by atoms with Crippen molar-refractivity contribution in [1.82, 2.24) is 4.90 Å². The first-order chi connectivity index (χ1) is 15.4. The number of benzene rings is 1. The molecule has 1 aromatic heterocycles. The fraction of sp³-hybridized carbons (Fsp3) is 0.292. The summed E-state index contributed by atoms with van der Waals surface area (Å²) in [6, 6.07) is 10.0. The molecule has 2 aliphatic rings. The Hall–Kier alpha value is -3.65. The van der Waals surface area contributed by atoms with Gasteiger partial charge in [-0.15, -0.1) is 6.58 Å². The Labute approximate surface area is 185 Å². The average molecular weight is 436 g/mol. The first-order valence-corrected chi connectivity index (χ1v) is 10.3. The van der Waals surface area contributed by atoms with Gasteiger partial charge in [-0.25, -0.2) is 0 Å². The summed E-state index contributed by atoms with van der Waals surface area (Å²) >= 11 is 0. The van der Waals surface area contributed by atoms with Gasteiger partial charge in [0.15, 0.2) is 17.1 Å². The average Bonchev–Trinajstić information content (AvgIpc) is 3.39.